The Hall–Kier alpha value is -0.180. The van der Waals surface area contributed by atoms with Crippen molar-refractivity contribution in [1.82, 2.24) is 5.32 Å². The molecule has 0 aromatic heterocycles. The summed E-state index contributed by atoms with van der Waals surface area (Å²) in [5.41, 5.74) is 0.452. The summed E-state index contributed by atoms with van der Waals surface area (Å²) < 4.78 is 0. The van der Waals surface area contributed by atoms with Crippen molar-refractivity contribution in [3.8, 4) is 0 Å². The van der Waals surface area contributed by atoms with Gasteiger partial charge in [-0.2, -0.15) is 0 Å². The fourth-order valence-corrected chi connectivity index (χ4v) is 3.86. The van der Waals surface area contributed by atoms with Gasteiger partial charge >= 0.3 is 0 Å². The molecule has 14 heavy (non-hydrogen) atoms. The van der Waals surface area contributed by atoms with Crippen LogP contribution in [0.4, 0.5) is 0 Å². The van der Waals surface area contributed by atoms with Gasteiger partial charge in [0.1, 0.15) is 0 Å². The van der Waals surface area contributed by atoms with E-state index in [1.54, 1.807) is 0 Å². The summed E-state index contributed by atoms with van der Waals surface area (Å²) >= 11 is 1.95. The summed E-state index contributed by atoms with van der Waals surface area (Å²) in [6.45, 7) is 0. The molecule has 1 spiro atoms. The molecule has 0 amide bonds. The summed E-state index contributed by atoms with van der Waals surface area (Å²) in [5, 5.41) is 4.93. The summed E-state index contributed by atoms with van der Waals surface area (Å²) in [6, 6.07) is 0.654. The molecule has 2 nitrogen and oxygen atoms in total. The van der Waals surface area contributed by atoms with E-state index in [2.05, 4.69) is 5.32 Å². The van der Waals surface area contributed by atoms with Crippen LogP contribution in [0.1, 0.15) is 44.9 Å². The first-order valence-corrected chi connectivity index (χ1v) is 6.84. The SMILES string of the molecule is C1CC(N=C2NC3(CCCC3)CS2)C1. The Bertz CT molecular complexity index is 252. The van der Waals surface area contributed by atoms with Gasteiger partial charge in [-0.3, -0.25) is 4.99 Å². The molecule has 0 aromatic carbocycles. The van der Waals surface area contributed by atoms with Crippen LogP contribution in [0, 0.1) is 0 Å². The molecule has 1 heterocycles. The molecule has 0 atom stereocenters. The highest BCUT2D eigenvalue weighted by Crippen LogP contribution is 2.38. The quantitative estimate of drug-likeness (QED) is 0.719. The molecule has 78 valence electrons. The maximum atomic E-state index is 4.77. The lowest BCUT2D eigenvalue weighted by atomic mass is 9.94. The van der Waals surface area contributed by atoms with Gasteiger partial charge in [-0.15, -0.1) is 0 Å². The van der Waals surface area contributed by atoms with Gasteiger partial charge in [0, 0.05) is 11.3 Å². The molecule has 1 saturated heterocycles. The average Bonchev–Trinajstić information content (AvgIpc) is 2.71. The largest absolute Gasteiger partial charge is 0.359 e. The van der Waals surface area contributed by atoms with E-state index >= 15 is 0 Å². The third kappa shape index (κ3) is 1.56. The number of nitrogens with one attached hydrogen (secondary N) is 1. The molecule has 3 aliphatic rings. The van der Waals surface area contributed by atoms with Crippen LogP contribution in [0.5, 0.6) is 0 Å². The zero-order chi connectivity index (χ0) is 9.43. The lowest BCUT2D eigenvalue weighted by Gasteiger charge is -2.24. The second-order valence-electron chi connectivity index (χ2n) is 4.92. The first-order valence-electron chi connectivity index (χ1n) is 5.85. The number of thioether (sulfide) groups is 1. The van der Waals surface area contributed by atoms with Crippen LogP contribution in [-0.2, 0) is 0 Å². The Kier molecular flexibility index (Phi) is 2.23. The van der Waals surface area contributed by atoms with E-state index in [1.807, 2.05) is 11.8 Å². The predicted octanol–water partition coefficient (Wildman–Crippen LogP) is 2.54. The fraction of sp³-hybridized carbons (Fsp3) is 0.909. The smallest absolute Gasteiger partial charge is 0.157 e. The first-order chi connectivity index (χ1) is 6.86. The van der Waals surface area contributed by atoms with Crippen LogP contribution in [-0.4, -0.2) is 22.5 Å². The molecule has 3 heteroatoms. The van der Waals surface area contributed by atoms with Crippen molar-refractivity contribution in [3.05, 3.63) is 0 Å². The van der Waals surface area contributed by atoms with E-state index in [0.717, 1.165) is 0 Å². The van der Waals surface area contributed by atoms with Crippen molar-refractivity contribution >= 4 is 16.9 Å². The van der Waals surface area contributed by atoms with Gasteiger partial charge in [0.05, 0.1) is 6.04 Å². The molecule has 0 aromatic rings. The Labute approximate surface area is 89.9 Å². The molecule has 2 aliphatic carbocycles. The highest BCUT2D eigenvalue weighted by molar-refractivity contribution is 8.14. The summed E-state index contributed by atoms with van der Waals surface area (Å²) in [7, 11) is 0. The second kappa shape index (κ2) is 3.44. The predicted molar refractivity (Wildman–Crippen MR) is 61.9 cm³/mol. The summed E-state index contributed by atoms with van der Waals surface area (Å²) in [6.07, 6.45) is 9.57. The molecule has 0 bridgehead atoms. The van der Waals surface area contributed by atoms with Crippen LogP contribution in [0.3, 0.4) is 0 Å². The number of hydrogen-bond acceptors (Lipinski definition) is 2. The number of nitrogens with zero attached hydrogens (tertiary/aromatic N) is 1. The van der Waals surface area contributed by atoms with Gasteiger partial charge in [-0.25, -0.2) is 0 Å². The van der Waals surface area contributed by atoms with E-state index < -0.39 is 0 Å². The first kappa shape index (κ1) is 9.08. The lowest BCUT2D eigenvalue weighted by molar-refractivity contribution is 0.414. The van der Waals surface area contributed by atoms with E-state index in [4.69, 9.17) is 4.99 Å². The highest BCUT2D eigenvalue weighted by Gasteiger charge is 2.39. The number of aliphatic imine (C=N–C) groups is 1. The topological polar surface area (TPSA) is 24.4 Å². The Morgan fingerprint density at radius 1 is 1.21 bits per heavy atom. The van der Waals surface area contributed by atoms with E-state index in [1.165, 1.54) is 55.9 Å². The molecule has 3 fully saturated rings. The zero-order valence-electron chi connectivity index (χ0n) is 8.59. The molecule has 1 aliphatic heterocycles. The molecular weight excluding hydrogens is 192 g/mol. The molecule has 0 unspecified atom stereocenters. The summed E-state index contributed by atoms with van der Waals surface area (Å²) in [5.74, 6) is 1.26. The third-order valence-electron chi connectivity index (χ3n) is 3.79. The fourth-order valence-electron chi connectivity index (χ4n) is 2.58. The molecule has 2 saturated carbocycles. The van der Waals surface area contributed by atoms with Crippen molar-refractivity contribution < 1.29 is 0 Å². The van der Waals surface area contributed by atoms with Crippen LogP contribution in [0.2, 0.25) is 0 Å². The maximum absolute atomic E-state index is 4.77. The van der Waals surface area contributed by atoms with Crippen molar-refractivity contribution in [2.75, 3.05) is 5.75 Å². The number of amidine groups is 1. The maximum Gasteiger partial charge on any atom is 0.157 e. The zero-order valence-corrected chi connectivity index (χ0v) is 9.41. The van der Waals surface area contributed by atoms with Gasteiger partial charge in [0.2, 0.25) is 0 Å². The molecule has 0 radical (unpaired) electrons. The van der Waals surface area contributed by atoms with Crippen molar-refractivity contribution in [3.63, 3.8) is 0 Å². The van der Waals surface area contributed by atoms with E-state index in [9.17, 15) is 0 Å². The monoisotopic (exact) mass is 210 g/mol. The Morgan fingerprint density at radius 3 is 2.64 bits per heavy atom. The normalized spacial score (nSPS) is 33.6. The minimum absolute atomic E-state index is 0.452. The van der Waals surface area contributed by atoms with Gasteiger partial charge in [-0.1, -0.05) is 24.6 Å². The van der Waals surface area contributed by atoms with E-state index in [-0.39, 0.29) is 0 Å². The number of rotatable bonds is 1. The Balaban J connectivity index is 1.65. The minimum atomic E-state index is 0.452. The van der Waals surface area contributed by atoms with Gasteiger partial charge < -0.3 is 5.32 Å². The molecular formula is C11H18N2S. The van der Waals surface area contributed by atoms with Crippen molar-refractivity contribution in [2.45, 2.75) is 56.5 Å². The van der Waals surface area contributed by atoms with Crippen LogP contribution >= 0.6 is 11.8 Å². The highest BCUT2D eigenvalue weighted by atomic mass is 32.2. The lowest BCUT2D eigenvalue weighted by Crippen LogP contribution is -2.41. The van der Waals surface area contributed by atoms with Gasteiger partial charge in [0.25, 0.3) is 0 Å². The molecule has 1 N–H and O–H groups in total. The van der Waals surface area contributed by atoms with Crippen molar-refractivity contribution in [2.24, 2.45) is 4.99 Å². The molecule has 3 rings (SSSR count). The number of hydrogen-bond donors (Lipinski definition) is 1. The van der Waals surface area contributed by atoms with Crippen molar-refractivity contribution in [1.29, 1.82) is 0 Å². The standard InChI is InChI=1S/C11H18N2S/c1-2-7-11(6-1)8-14-10(13-11)12-9-4-3-5-9/h9H,1-8H2,(H,12,13). The van der Waals surface area contributed by atoms with Gasteiger partial charge in [-0.05, 0) is 32.1 Å². The van der Waals surface area contributed by atoms with Crippen LogP contribution < -0.4 is 5.32 Å². The third-order valence-corrected chi connectivity index (χ3v) is 4.97. The van der Waals surface area contributed by atoms with Gasteiger partial charge in [0.15, 0.2) is 5.17 Å². The Morgan fingerprint density at radius 2 is 2.00 bits per heavy atom. The average molecular weight is 210 g/mol. The second-order valence-corrected chi connectivity index (χ2v) is 5.88. The summed E-state index contributed by atoms with van der Waals surface area (Å²) in [4.78, 5) is 4.77. The van der Waals surface area contributed by atoms with Crippen LogP contribution in [0.15, 0.2) is 4.99 Å². The minimum Gasteiger partial charge on any atom is -0.359 e. The van der Waals surface area contributed by atoms with E-state index in [0.29, 0.717) is 11.6 Å². The van der Waals surface area contributed by atoms with Crippen LogP contribution in [0.25, 0.3) is 0 Å².